The van der Waals surface area contributed by atoms with Crippen LogP contribution in [0.2, 0.25) is 0 Å². The molecule has 1 aliphatic rings. The molecule has 1 saturated carbocycles. The molecule has 0 atom stereocenters. The summed E-state index contributed by atoms with van der Waals surface area (Å²) in [6, 6.07) is 0.356. The summed E-state index contributed by atoms with van der Waals surface area (Å²) in [6.07, 6.45) is 7.95. The molecule has 0 radical (unpaired) electrons. The van der Waals surface area contributed by atoms with Crippen LogP contribution in [-0.2, 0) is 0 Å². The Morgan fingerprint density at radius 3 is 2.85 bits per heavy atom. The Kier molecular flexibility index (Phi) is 2.21. The Bertz CT molecular complexity index is 295. The Morgan fingerprint density at radius 2 is 2.31 bits per heavy atom. The van der Waals surface area contributed by atoms with Gasteiger partial charge in [-0.3, -0.25) is 9.78 Å². The van der Waals surface area contributed by atoms with Crippen LogP contribution in [0.1, 0.15) is 29.8 Å². The Morgan fingerprint density at radius 1 is 1.46 bits per heavy atom. The molecule has 1 heterocycles. The van der Waals surface area contributed by atoms with Crippen molar-refractivity contribution in [3.63, 3.8) is 0 Å². The number of hydrogen-bond donors (Lipinski definition) is 1. The molecule has 1 fully saturated rings. The van der Waals surface area contributed by atoms with Crippen LogP contribution in [0.15, 0.2) is 18.6 Å². The van der Waals surface area contributed by atoms with Gasteiger partial charge in [0.25, 0.3) is 5.91 Å². The van der Waals surface area contributed by atoms with Crippen LogP contribution in [0.25, 0.3) is 0 Å². The van der Waals surface area contributed by atoms with E-state index in [-0.39, 0.29) is 5.91 Å². The zero-order valence-electron chi connectivity index (χ0n) is 7.23. The molecule has 0 bridgehead atoms. The van der Waals surface area contributed by atoms with Crippen molar-refractivity contribution in [2.75, 3.05) is 0 Å². The fourth-order valence-electron chi connectivity index (χ4n) is 1.23. The molecule has 1 N–H and O–H groups in total. The second kappa shape index (κ2) is 3.51. The highest BCUT2D eigenvalue weighted by molar-refractivity contribution is 5.92. The number of aromatic nitrogens is 2. The number of nitrogens with zero attached hydrogens (tertiary/aromatic N) is 2. The fraction of sp³-hybridized carbons (Fsp3) is 0.444. The maximum atomic E-state index is 11.4. The first kappa shape index (κ1) is 8.16. The van der Waals surface area contributed by atoms with E-state index in [0.717, 1.165) is 12.8 Å². The summed E-state index contributed by atoms with van der Waals surface area (Å²) in [6.45, 7) is 0. The van der Waals surface area contributed by atoms with E-state index in [9.17, 15) is 4.79 Å². The predicted octanol–water partition coefficient (Wildman–Crippen LogP) is 0.759. The van der Waals surface area contributed by atoms with Gasteiger partial charge in [0, 0.05) is 18.4 Å². The van der Waals surface area contributed by atoms with Gasteiger partial charge in [-0.2, -0.15) is 0 Å². The van der Waals surface area contributed by atoms with Gasteiger partial charge in [0.05, 0.1) is 6.20 Å². The van der Waals surface area contributed by atoms with Crippen LogP contribution in [0.3, 0.4) is 0 Å². The van der Waals surface area contributed by atoms with Crippen LogP contribution in [0, 0.1) is 0 Å². The minimum absolute atomic E-state index is 0.113. The Balaban J connectivity index is 1.97. The summed E-state index contributed by atoms with van der Waals surface area (Å²) in [5.74, 6) is -0.113. The molecular weight excluding hydrogens is 166 g/mol. The highest BCUT2D eigenvalue weighted by atomic mass is 16.1. The van der Waals surface area contributed by atoms with E-state index in [1.807, 2.05) is 0 Å². The van der Waals surface area contributed by atoms with Crippen molar-refractivity contribution in [1.82, 2.24) is 15.3 Å². The first-order valence-electron chi connectivity index (χ1n) is 4.43. The molecule has 0 saturated heterocycles. The molecular formula is C9H11N3O. The summed E-state index contributed by atoms with van der Waals surface area (Å²) >= 11 is 0. The van der Waals surface area contributed by atoms with Crippen LogP contribution in [0.5, 0.6) is 0 Å². The van der Waals surface area contributed by atoms with Gasteiger partial charge in [0.1, 0.15) is 5.69 Å². The standard InChI is InChI=1S/C9H11N3O/c13-9(12-7-2-1-3-7)8-6-10-4-5-11-8/h4-7H,1-3H2,(H,12,13). The van der Waals surface area contributed by atoms with Crippen molar-refractivity contribution >= 4 is 5.91 Å². The molecule has 1 aromatic heterocycles. The summed E-state index contributed by atoms with van der Waals surface area (Å²) in [7, 11) is 0. The van der Waals surface area contributed by atoms with E-state index in [1.165, 1.54) is 18.8 Å². The van der Waals surface area contributed by atoms with E-state index in [4.69, 9.17) is 0 Å². The lowest BCUT2D eigenvalue weighted by Crippen LogP contribution is -2.39. The number of nitrogens with one attached hydrogen (secondary N) is 1. The highest BCUT2D eigenvalue weighted by Crippen LogP contribution is 2.18. The van der Waals surface area contributed by atoms with Gasteiger partial charge in [-0.25, -0.2) is 4.98 Å². The van der Waals surface area contributed by atoms with Gasteiger partial charge in [-0.15, -0.1) is 0 Å². The first-order valence-corrected chi connectivity index (χ1v) is 4.43. The van der Waals surface area contributed by atoms with Gasteiger partial charge in [0.15, 0.2) is 0 Å². The molecule has 1 aromatic rings. The first-order chi connectivity index (χ1) is 6.36. The maximum Gasteiger partial charge on any atom is 0.271 e. The number of hydrogen-bond acceptors (Lipinski definition) is 3. The van der Waals surface area contributed by atoms with Gasteiger partial charge < -0.3 is 5.32 Å². The quantitative estimate of drug-likeness (QED) is 0.725. The number of carbonyl (C=O) groups is 1. The van der Waals surface area contributed by atoms with Gasteiger partial charge in [-0.1, -0.05) is 0 Å². The Hall–Kier alpha value is -1.45. The number of rotatable bonds is 2. The average Bonchev–Trinajstić information content (AvgIpc) is 2.12. The summed E-state index contributed by atoms with van der Waals surface area (Å²) < 4.78 is 0. The lowest BCUT2D eigenvalue weighted by atomic mass is 9.93. The SMILES string of the molecule is O=C(NC1CCC1)c1cnccn1. The lowest BCUT2D eigenvalue weighted by Gasteiger charge is -2.25. The summed E-state index contributed by atoms with van der Waals surface area (Å²) in [4.78, 5) is 19.2. The second-order valence-corrected chi connectivity index (χ2v) is 3.19. The molecule has 0 spiro atoms. The zero-order valence-corrected chi connectivity index (χ0v) is 7.23. The van der Waals surface area contributed by atoms with Crippen LogP contribution in [0.4, 0.5) is 0 Å². The molecule has 0 aliphatic heterocycles. The van der Waals surface area contributed by atoms with Gasteiger partial charge in [0.2, 0.25) is 0 Å². The molecule has 68 valence electrons. The molecule has 0 aromatic carbocycles. The van der Waals surface area contributed by atoms with Crippen molar-refractivity contribution < 1.29 is 4.79 Å². The maximum absolute atomic E-state index is 11.4. The van der Waals surface area contributed by atoms with Crippen molar-refractivity contribution in [1.29, 1.82) is 0 Å². The molecule has 4 nitrogen and oxygen atoms in total. The third kappa shape index (κ3) is 1.83. The largest absolute Gasteiger partial charge is 0.348 e. The van der Waals surface area contributed by atoms with Gasteiger partial charge in [-0.05, 0) is 19.3 Å². The molecule has 1 aliphatic carbocycles. The monoisotopic (exact) mass is 177 g/mol. The van der Waals surface area contributed by atoms with Crippen LogP contribution in [-0.4, -0.2) is 21.9 Å². The molecule has 2 rings (SSSR count). The Labute approximate surface area is 76.4 Å². The smallest absolute Gasteiger partial charge is 0.271 e. The predicted molar refractivity (Wildman–Crippen MR) is 47.1 cm³/mol. The highest BCUT2D eigenvalue weighted by Gasteiger charge is 2.20. The summed E-state index contributed by atoms with van der Waals surface area (Å²) in [5.41, 5.74) is 0.398. The summed E-state index contributed by atoms with van der Waals surface area (Å²) in [5, 5.41) is 2.89. The number of carbonyl (C=O) groups excluding carboxylic acids is 1. The average molecular weight is 177 g/mol. The van der Waals surface area contributed by atoms with E-state index in [2.05, 4.69) is 15.3 Å². The lowest BCUT2D eigenvalue weighted by molar-refractivity contribution is 0.0911. The molecule has 1 amide bonds. The van der Waals surface area contributed by atoms with E-state index >= 15 is 0 Å². The van der Waals surface area contributed by atoms with Crippen molar-refractivity contribution in [2.45, 2.75) is 25.3 Å². The minimum Gasteiger partial charge on any atom is -0.348 e. The third-order valence-corrected chi connectivity index (χ3v) is 2.24. The topological polar surface area (TPSA) is 54.9 Å². The van der Waals surface area contributed by atoms with Crippen molar-refractivity contribution in [3.05, 3.63) is 24.3 Å². The molecule has 0 unspecified atom stereocenters. The zero-order chi connectivity index (χ0) is 9.10. The van der Waals surface area contributed by atoms with Crippen molar-refractivity contribution in [2.24, 2.45) is 0 Å². The van der Waals surface area contributed by atoms with Crippen molar-refractivity contribution in [3.8, 4) is 0 Å². The fourth-order valence-corrected chi connectivity index (χ4v) is 1.23. The van der Waals surface area contributed by atoms with E-state index in [1.54, 1.807) is 6.20 Å². The third-order valence-electron chi connectivity index (χ3n) is 2.24. The normalized spacial score (nSPS) is 16.3. The minimum atomic E-state index is -0.113. The van der Waals surface area contributed by atoms with E-state index < -0.39 is 0 Å². The van der Waals surface area contributed by atoms with Gasteiger partial charge >= 0.3 is 0 Å². The van der Waals surface area contributed by atoms with Crippen LogP contribution < -0.4 is 5.32 Å². The second-order valence-electron chi connectivity index (χ2n) is 3.19. The molecule has 13 heavy (non-hydrogen) atoms. The van der Waals surface area contributed by atoms with Crippen LogP contribution >= 0.6 is 0 Å². The van der Waals surface area contributed by atoms with E-state index in [0.29, 0.717) is 11.7 Å². The number of amides is 1. The molecule has 4 heteroatoms.